The number of carbonyl (C=O) groups excluding carboxylic acids is 2. The maximum absolute atomic E-state index is 11.9. The van der Waals surface area contributed by atoms with Gasteiger partial charge >= 0.3 is 12.1 Å². The van der Waals surface area contributed by atoms with Crippen LogP contribution < -0.4 is 0 Å². The van der Waals surface area contributed by atoms with E-state index in [1.54, 1.807) is 34.6 Å². The maximum atomic E-state index is 11.9. The van der Waals surface area contributed by atoms with Gasteiger partial charge in [0.05, 0.1) is 5.41 Å². The van der Waals surface area contributed by atoms with Crippen LogP contribution in [0.3, 0.4) is 0 Å². The van der Waals surface area contributed by atoms with E-state index in [4.69, 9.17) is 14.2 Å². The fourth-order valence-electron chi connectivity index (χ4n) is 1.10. The third-order valence-corrected chi connectivity index (χ3v) is 2.74. The van der Waals surface area contributed by atoms with Crippen molar-refractivity contribution in [2.45, 2.75) is 73.0 Å². The van der Waals surface area contributed by atoms with Crippen LogP contribution in [0.1, 0.15) is 61.8 Å². The van der Waals surface area contributed by atoms with Gasteiger partial charge in [-0.05, 0) is 54.9 Å². The number of esters is 1. The Morgan fingerprint density at radius 1 is 0.900 bits per heavy atom. The average molecular weight is 288 g/mol. The number of hydrogen-bond donors (Lipinski definition) is 0. The predicted molar refractivity (Wildman–Crippen MR) is 76.4 cm³/mol. The lowest BCUT2D eigenvalue weighted by atomic mass is 9.91. The Hall–Kier alpha value is -1.26. The van der Waals surface area contributed by atoms with Gasteiger partial charge in [-0.1, -0.05) is 6.92 Å². The molecule has 0 bridgehead atoms. The lowest BCUT2D eigenvalue weighted by molar-refractivity contribution is -0.162. The molecule has 0 saturated carbocycles. The molecular formula is C15H28O5. The number of hydrogen-bond acceptors (Lipinski definition) is 5. The molecule has 0 aliphatic carbocycles. The number of ether oxygens (including phenoxy) is 3. The summed E-state index contributed by atoms with van der Waals surface area (Å²) < 4.78 is 15.5. The van der Waals surface area contributed by atoms with E-state index in [1.165, 1.54) is 0 Å². The normalized spacial score (nSPS) is 12.8. The summed E-state index contributed by atoms with van der Waals surface area (Å²) in [7, 11) is 0. The minimum Gasteiger partial charge on any atom is -0.461 e. The summed E-state index contributed by atoms with van der Waals surface area (Å²) >= 11 is 0. The van der Waals surface area contributed by atoms with E-state index >= 15 is 0 Å². The highest BCUT2D eigenvalue weighted by Crippen LogP contribution is 2.23. The molecule has 0 aliphatic heterocycles. The van der Waals surface area contributed by atoms with Crippen LogP contribution in [-0.2, 0) is 19.0 Å². The van der Waals surface area contributed by atoms with Crippen molar-refractivity contribution in [2.24, 2.45) is 5.41 Å². The Bertz CT molecular complexity index is 350. The molecule has 0 amide bonds. The molecule has 0 aromatic heterocycles. The molecule has 0 unspecified atom stereocenters. The molecule has 0 aliphatic rings. The summed E-state index contributed by atoms with van der Waals surface area (Å²) in [5, 5.41) is 0. The lowest BCUT2D eigenvalue weighted by Crippen LogP contribution is -2.38. The van der Waals surface area contributed by atoms with Gasteiger partial charge in [-0.2, -0.15) is 0 Å². The molecule has 0 saturated heterocycles. The fourth-order valence-corrected chi connectivity index (χ4v) is 1.10. The first-order chi connectivity index (χ1) is 8.79. The summed E-state index contributed by atoms with van der Waals surface area (Å²) in [6.45, 7) is 14.2. The largest absolute Gasteiger partial charge is 0.509 e. The van der Waals surface area contributed by atoms with Crippen molar-refractivity contribution in [1.82, 2.24) is 0 Å². The highest BCUT2D eigenvalue weighted by atomic mass is 16.7. The van der Waals surface area contributed by atoms with Crippen LogP contribution in [-0.4, -0.2) is 29.9 Å². The molecule has 5 heteroatoms. The van der Waals surface area contributed by atoms with E-state index in [1.807, 2.05) is 20.8 Å². The van der Waals surface area contributed by atoms with Gasteiger partial charge in [0.1, 0.15) is 17.8 Å². The van der Waals surface area contributed by atoms with Crippen LogP contribution in [0, 0.1) is 5.41 Å². The average Bonchev–Trinajstić information content (AvgIpc) is 2.22. The molecule has 0 atom stereocenters. The van der Waals surface area contributed by atoms with Crippen LogP contribution in [0.15, 0.2) is 0 Å². The molecule has 118 valence electrons. The van der Waals surface area contributed by atoms with Gasteiger partial charge in [-0.25, -0.2) is 4.79 Å². The second-order valence-corrected chi connectivity index (χ2v) is 7.14. The lowest BCUT2D eigenvalue weighted by Gasteiger charge is -2.28. The van der Waals surface area contributed by atoms with Crippen LogP contribution >= 0.6 is 0 Å². The first-order valence-electron chi connectivity index (χ1n) is 6.88. The van der Waals surface area contributed by atoms with Crippen molar-refractivity contribution >= 4 is 12.1 Å². The zero-order valence-corrected chi connectivity index (χ0v) is 14.0. The molecule has 0 aromatic carbocycles. The second-order valence-electron chi connectivity index (χ2n) is 7.14. The van der Waals surface area contributed by atoms with Crippen LogP contribution in [0.5, 0.6) is 0 Å². The summed E-state index contributed by atoms with van der Waals surface area (Å²) in [6, 6.07) is 0. The molecule has 0 spiro atoms. The van der Waals surface area contributed by atoms with Crippen molar-refractivity contribution in [3.63, 3.8) is 0 Å². The van der Waals surface area contributed by atoms with Gasteiger partial charge < -0.3 is 14.2 Å². The molecule has 5 nitrogen and oxygen atoms in total. The van der Waals surface area contributed by atoms with Gasteiger partial charge in [0, 0.05) is 0 Å². The highest BCUT2D eigenvalue weighted by molar-refractivity contribution is 5.75. The van der Waals surface area contributed by atoms with E-state index in [0.29, 0.717) is 6.42 Å². The predicted octanol–water partition coefficient (Wildman–Crippen LogP) is 3.70. The van der Waals surface area contributed by atoms with Gasteiger partial charge in [0.2, 0.25) is 0 Å². The zero-order chi connectivity index (χ0) is 16.2. The van der Waals surface area contributed by atoms with Crippen LogP contribution in [0.2, 0.25) is 0 Å². The molecular weight excluding hydrogens is 260 g/mol. The first-order valence-corrected chi connectivity index (χ1v) is 6.88. The number of rotatable bonds is 5. The smallest absolute Gasteiger partial charge is 0.461 e. The van der Waals surface area contributed by atoms with Crippen molar-refractivity contribution in [1.29, 1.82) is 0 Å². The van der Waals surface area contributed by atoms with E-state index in [0.717, 1.165) is 0 Å². The van der Waals surface area contributed by atoms with E-state index in [2.05, 4.69) is 0 Å². The molecule has 0 radical (unpaired) electrons. The van der Waals surface area contributed by atoms with E-state index in [-0.39, 0.29) is 12.6 Å². The topological polar surface area (TPSA) is 61.8 Å². The molecule has 0 N–H and O–H groups in total. The summed E-state index contributed by atoms with van der Waals surface area (Å²) in [6.07, 6.45) is -0.0903. The van der Waals surface area contributed by atoms with Gasteiger partial charge in [-0.3, -0.25) is 4.79 Å². The Labute approximate surface area is 122 Å². The zero-order valence-electron chi connectivity index (χ0n) is 14.0. The van der Waals surface area contributed by atoms with Crippen LogP contribution in [0.4, 0.5) is 4.79 Å². The molecule has 0 fully saturated rings. The SMILES string of the molecule is CCC(C)(C)C(=O)OCC(C)(C)OC(=O)OC(C)(C)C. The second kappa shape index (κ2) is 6.46. The highest BCUT2D eigenvalue weighted by Gasteiger charge is 2.32. The quantitative estimate of drug-likeness (QED) is 0.722. The van der Waals surface area contributed by atoms with Gasteiger partial charge in [0.25, 0.3) is 0 Å². The Morgan fingerprint density at radius 3 is 1.80 bits per heavy atom. The number of carbonyl (C=O) groups is 2. The summed E-state index contributed by atoms with van der Waals surface area (Å²) in [4.78, 5) is 23.5. The Morgan fingerprint density at radius 2 is 1.40 bits per heavy atom. The third-order valence-electron chi connectivity index (χ3n) is 2.74. The standard InChI is InChI=1S/C15H28O5/c1-9-14(5,6)11(16)18-10-15(7,8)20-12(17)19-13(2,3)4/h9-10H2,1-8H3. The molecule has 20 heavy (non-hydrogen) atoms. The molecule has 0 heterocycles. The van der Waals surface area contributed by atoms with Gasteiger partial charge in [0.15, 0.2) is 0 Å². The molecule has 0 aromatic rings. The van der Waals surface area contributed by atoms with Crippen molar-refractivity contribution in [3.05, 3.63) is 0 Å². The van der Waals surface area contributed by atoms with Crippen molar-refractivity contribution in [2.75, 3.05) is 6.61 Å². The third kappa shape index (κ3) is 7.36. The van der Waals surface area contributed by atoms with Crippen molar-refractivity contribution < 1.29 is 23.8 Å². The van der Waals surface area contributed by atoms with Gasteiger partial charge in [-0.15, -0.1) is 0 Å². The first kappa shape index (κ1) is 18.7. The van der Waals surface area contributed by atoms with Crippen LogP contribution in [0.25, 0.3) is 0 Å². The molecule has 0 rings (SSSR count). The summed E-state index contributed by atoms with van der Waals surface area (Å²) in [5.74, 6) is -0.305. The van der Waals surface area contributed by atoms with E-state index < -0.39 is 22.8 Å². The Kier molecular flexibility index (Phi) is 6.05. The monoisotopic (exact) mass is 288 g/mol. The van der Waals surface area contributed by atoms with Crippen molar-refractivity contribution in [3.8, 4) is 0 Å². The fraction of sp³-hybridized carbons (Fsp3) is 0.867. The Balaban J connectivity index is 4.40. The maximum Gasteiger partial charge on any atom is 0.509 e. The van der Waals surface area contributed by atoms with E-state index in [9.17, 15) is 9.59 Å². The minimum absolute atomic E-state index is 0.00545. The minimum atomic E-state index is -0.929. The summed E-state index contributed by atoms with van der Waals surface area (Å²) in [5.41, 5.74) is -2.09.